The number of anilines is 2. The van der Waals surface area contributed by atoms with Gasteiger partial charge in [0, 0.05) is 36.4 Å². The third kappa shape index (κ3) is 7.34. The van der Waals surface area contributed by atoms with Crippen LogP contribution in [0.5, 0.6) is 5.75 Å². The molecule has 3 N–H and O–H groups in total. The number of nitrogens with zero attached hydrogens (tertiary/aromatic N) is 2. The lowest BCUT2D eigenvalue weighted by atomic mass is 10.0. The lowest BCUT2D eigenvalue weighted by molar-refractivity contribution is -0.134. The molecule has 11 heteroatoms. The predicted molar refractivity (Wildman–Crippen MR) is 139 cm³/mol. The number of benzene rings is 2. The Morgan fingerprint density at radius 1 is 1.22 bits per heavy atom. The van der Waals surface area contributed by atoms with Crippen molar-refractivity contribution < 1.29 is 27.9 Å². The molecule has 36 heavy (non-hydrogen) atoms. The average molecular weight is 519 g/mol. The molecular formula is C25H34N4O6S. The van der Waals surface area contributed by atoms with E-state index in [9.17, 15) is 23.1 Å². The molecule has 0 saturated heterocycles. The van der Waals surface area contributed by atoms with Gasteiger partial charge in [-0.1, -0.05) is 25.1 Å². The van der Waals surface area contributed by atoms with E-state index in [2.05, 4.69) is 10.0 Å². The van der Waals surface area contributed by atoms with Gasteiger partial charge < -0.3 is 25.0 Å². The maximum absolute atomic E-state index is 13.2. The lowest BCUT2D eigenvalue weighted by Gasteiger charge is -2.34. The summed E-state index contributed by atoms with van der Waals surface area (Å²) < 4.78 is 32.2. The lowest BCUT2D eigenvalue weighted by Crippen LogP contribution is -2.48. The highest BCUT2D eigenvalue weighted by atomic mass is 32.2. The van der Waals surface area contributed by atoms with Gasteiger partial charge in [0.15, 0.2) is 0 Å². The third-order valence-electron chi connectivity index (χ3n) is 6.05. The zero-order chi connectivity index (χ0) is 26.5. The summed E-state index contributed by atoms with van der Waals surface area (Å²) in [5.41, 5.74) is 1.50. The van der Waals surface area contributed by atoms with Gasteiger partial charge in [-0.2, -0.15) is 0 Å². The zero-order valence-corrected chi connectivity index (χ0v) is 21.8. The smallest absolute Gasteiger partial charge is 0.321 e. The van der Waals surface area contributed by atoms with Crippen LogP contribution in [0.1, 0.15) is 19.4 Å². The normalized spacial score (nSPS) is 19.1. The number of aliphatic hydroxyl groups is 1. The average Bonchev–Trinajstić information content (AvgIpc) is 2.86. The van der Waals surface area contributed by atoms with Crippen LogP contribution in [0.4, 0.5) is 16.2 Å². The molecule has 0 saturated carbocycles. The fraction of sp³-hybridized carbons (Fsp3) is 0.440. The number of carbonyl (C=O) groups is 2. The highest BCUT2D eigenvalue weighted by molar-refractivity contribution is 7.92. The molecule has 0 aliphatic carbocycles. The van der Waals surface area contributed by atoms with E-state index >= 15 is 0 Å². The first-order valence-corrected chi connectivity index (χ1v) is 13.6. The number of rotatable bonds is 7. The van der Waals surface area contributed by atoms with Crippen molar-refractivity contribution in [1.29, 1.82) is 0 Å². The van der Waals surface area contributed by atoms with E-state index in [0.29, 0.717) is 29.2 Å². The minimum atomic E-state index is -3.51. The standard InChI is InChI=1S/C25H34N4O6S/c1-17-14-29(18(2)16-30)24(31)13-19-12-21(27-36(4,33)34)10-11-22(19)35-23(17)15-28(3)25(32)26-20-8-6-5-7-9-20/h5-12,17-18,23,27,30H,13-16H2,1-4H3,(H,26,32)/t17-,18+,23+/m0/s1. The molecule has 0 fully saturated rings. The Bertz CT molecular complexity index is 1170. The first kappa shape index (κ1) is 27.3. The maximum atomic E-state index is 13.2. The van der Waals surface area contributed by atoms with Crippen LogP contribution in [-0.2, 0) is 21.2 Å². The predicted octanol–water partition coefficient (Wildman–Crippen LogP) is 2.37. The Morgan fingerprint density at radius 2 is 1.92 bits per heavy atom. The van der Waals surface area contributed by atoms with E-state index in [1.54, 1.807) is 49.2 Å². The molecule has 0 radical (unpaired) electrons. The summed E-state index contributed by atoms with van der Waals surface area (Å²) in [5.74, 6) is 0.0462. The van der Waals surface area contributed by atoms with Gasteiger partial charge in [0.2, 0.25) is 15.9 Å². The molecule has 2 aromatic carbocycles. The number of sulfonamides is 1. The SMILES string of the molecule is C[C@H](CO)N1C[C@H](C)[C@@H](CN(C)C(=O)Nc2ccccc2)Oc2ccc(NS(C)(=O)=O)cc2CC1=O. The van der Waals surface area contributed by atoms with Gasteiger partial charge in [-0.3, -0.25) is 9.52 Å². The van der Waals surface area contributed by atoms with Gasteiger partial charge in [0.25, 0.3) is 0 Å². The molecule has 0 aromatic heterocycles. The van der Waals surface area contributed by atoms with Gasteiger partial charge >= 0.3 is 6.03 Å². The molecule has 3 amide bonds. The fourth-order valence-electron chi connectivity index (χ4n) is 4.02. The van der Waals surface area contributed by atoms with Crippen molar-refractivity contribution in [1.82, 2.24) is 9.80 Å². The highest BCUT2D eigenvalue weighted by Gasteiger charge is 2.32. The number of nitrogens with one attached hydrogen (secondary N) is 2. The van der Waals surface area contributed by atoms with E-state index in [1.807, 2.05) is 25.1 Å². The fourth-order valence-corrected chi connectivity index (χ4v) is 4.57. The number of fused-ring (bicyclic) bond motifs is 1. The summed E-state index contributed by atoms with van der Waals surface area (Å²) in [4.78, 5) is 29.1. The summed E-state index contributed by atoms with van der Waals surface area (Å²) in [6.45, 7) is 4.05. The van der Waals surface area contributed by atoms with Gasteiger partial charge in [0.05, 0.1) is 31.9 Å². The highest BCUT2D eigenvalue weighted by Crippen LogP contribution is 2.29. The number of hydrogen-bond donors (Lipinski definition) is 3. The van der Waals surface area contributed by atoms with Crippen LogP contribution in [0.15, 0.2) is 48.5 Å². The second kappa shape index (κ2) is 11.6. The number of likely N-dealkylation sites (N-methyl/N-ethyl adjacent to an activating group) is 1. The van der Waals surface area contributed by atoms with Crippen LogP contribution in [0.25, 0.3) is 0 Å². The largest absolute Gasteiger partial charge is 0.488 e. The number of aliphatic hydroxyl groups excluding tert-OH is 1. The molecule has 196 valence electrons. The Morgan fingerprint density at radius 3 is 2.56 bits per heavy atom. The molecular weight excluding hydrogens is 484 g/mol. The molecule has 3 rings (SSSR count). The van der Waals surface area contributed by atoms with Gasteiger partial charge in [-0.05, 0) is 37.3 Å². The van der Waals surface area contributed by atoms with Gasteiger partial charge in [0.1, 0.15) is 11.9 Å². The summed E-state index contributed by atoms with van der Waals surface area (Å²) in [5, 5.41) is 12.6. The minimum absolute atomic E-state index is 0.0251. The summed E-state index contributed by atoms with van der Waals surface area (Å²) in [6, 6.07) is 13.2. The molecule has 1 heterocycles. The molecule has 1 aliphatic rings. The Hall–Kier alpha value is -3.31. The quantitative estimate of drug-likeness (QED) is 0.516. The number of amides is 3. The van der Waals surface area contributed by atoms with Crippen molar-refractivity contribution >= 4 is 33.3 Å². The molecule has 2 aromatic rings. The van der Waals surface area contributed by atoms with Crippen LogP contribution in [-0.4, -0.2) is 80.4 Å². The van der Waals surface area contributed by atoms with Crippen molar-refractivity contribution in [2.75, 3.05) is 43.0 Å². The first-order chi connectivity index (χ1) is 17.0. The van der Waals surface area contributed by atoms with Crippen molar-refractivity contribution in [2.24, 2.45) is 5.92 Å². The summed E-state index contributed by atoms with van der Waals surface area (Å²) in [6.07, 6.45) is 0.543. The molecule has 1 aliphatic heterocycles. The molecule has 0 unspecified atom stereocenters. The van der Waals surface area contributed by atoms with Gasteiger partial charge in [-0.25, -0.2) is 13.2 Å². The Labute approximate surface area is 212 Å². The molecule has 10 nitrogen and oxygen atoms in total. The minimum Gasteiger partial charge on any atom is -0.488 e. The van der Waals surface area contributed by atoms with Crippen LogP contribution in [0, 0.1) is 5.92 Å². The maximum Gasteiger partial charge on any atom is 0.321 e. The van der Waals surface area contributed by atoms with E-state index in [-0.39, 0.29) is 37.4 Å². The number of ether oxygens (including phenoxy) is 1. The third-order valence-corrected chi connectivity index (χ3v) is 6.65. The van der Waals surface area contributed by atoms with Crippen molar-refractivity contribution in [3.8, 4) is 5.75 Å². The van der Waals surface area contributed by atoms with E-state index in [1.165, 1.54) is 4.90 Å². The van der Waals surface area contributed by atoms with Crippen molar-refractivity contribution in [3.63, 3.8) is 0 Å². The number of carbonyl (C=O) groups excluding carboxylic acids is 2. The zero-order valence-electron chi connectivity index (χ0n) is 21.0. The number of hydrogen-bond acceptors (Lipinski definition) is 6. The van der Waals surface area contributed by atoms with Crippen molar-refractivity contribution in [3.05, 3.63) is 54.1 Å². The second-order valence-electron chi connectivity index (χ2n) is 9.26. The second-order valence-corrected chi connectivity index (χ2v) is 11.0. The number of urea groups is 1. The van der Waals surface area contributed by atoms with E-state index < -0.39 is 22.2 Å². The van der Waals surface area contributed by atoms with Crippen LogP contribution in [0.3, 0.4) is 0 Å². The van der Waals surface area contributed by atoms with Crippen molar-refractivity contribution in [2.45, 2.75) is 32.4 Å². The molecule has 0 bridgehead atoms. The molecule has 3 atom stereocenters. The first-order valence-electron chi connectivity index (χ1n) is 11.7. The van der Waals surface area contributed by atoms with Crippen LogP contribution in [0.2, 0.25) is 0 Å². The topological polar surface area (TPSA) is 128 Å². The van der Waals surface area contributed by atoms with Gasteiger partial charge in [-0.15, -0.1) is 0 Å². The van der Waals surface area contributed by atoms with Crippen LogP contribution >= 0.6 is 0 Å². The number of para-hydroxylation sites is 1. The molecule has 0 spiro atoms. The Balaban J connectivity index is 1.90. The Kier molecular flexibility index (Phi) is 8.80. The summed E-state index contributed by atoms with van der Waals surface area (Å²) in [7, 11) is -1.84. The van der Waals surface area contributed by atoms with E-state index in [0.717, 1.165) is 6.26 Å². The van der Waals surface area contributed by atoms with Crippen LogP contribution < -0.4 is 14.8 Å². The monoisotopic (exact) mass is 518 g/mol. The van der Waals surface area contributed by atoms with E-state index in [4.69, 9.17) is 4.74 Å². The summed E-state index contributed by atoms with van der Waals surface area (Å²) >= 11 is 0.